The summed E-state index contributed by atoms with van der Waals surface area (Å²) in [6.45, 7) is 5.69. The molecule has 0 bridgehead atoms. The maximum absolute atomic E-state index is 11.9. The summed E-state index contributed by atoms with van der Waals surface area (Å²) in [4.78, 5) is 28.4. The van der Waals surface area contributed by atoms with Crippen LogP contribution in [0.3, 0.4) is 0 Å². The van der Waals surface area contributed by atoms with Crippen molar-refractivity contribution in [1.29, 1.82) is 0 Å². The van der Waals surface area contributed by atoms with Crippen LogP contribution in [0.4, 0.5) is 5.69 Å². The van der Waals surface area contributed by atoms with Crippen LogP contribution in [0.5, 0.6) is 0 Å². The van der Waals surface area contributed by atoms with E-state index in [0.717, 1.165) is 29.9 Å². The lowest BCUT2D eigenvalue weighted by Crippen LogP contribution is -2.19. The average molecular weight is 318 g/mol. The van der Waals surface area contributed by atoms with Crippen LogP contribution < -0.4 is 5.32 Å². The summed E-state index contributed by atoms with van der Waals surface area (Å²) in [5.74, 6) is -0.961. The lowest BCUT2D eigenvalue weighted by molar-refractivity contribution is -0.146. The van der Waals surface area contributed by atoms with Gasteiger partial charge in [0.05, 0.1) is 24.6 Å². The smallest absolute Gasteiger partial charge is 0.347 e. The summed E-state index contributed by atoms with van der Waals surface area (Å²) in [5, 5.41) is 3.01. The highest BCUT2D eigenvalue weighted by Gasteiger charge is 2.28. The van der Waals surface area contributed by atoms with Crippen LogP contribution in [0.2, 0.25) is 0 Å². The molecule has 0 unspecified atom stereocenters. The molecule has 0 saturated heterocycles. The molecular formula is C17H22N2O4. The Bertz CT molecular complexity index is 601. The number of rotatable bonds is 7. The first-order valence-electron chi connectivity index (χ1n) is 7.85. The first-order valence-corrected chi connectivity index (χ1v) is 7.85. The monoisotopic (exact) mass is 318 g/mol. The van der Waals surface area contributed by atoms with E-state index in [9.17, 15) is 9.59 Å². The van der Waals surface area contributed by atoms with Crippen LogP contribution in [0.15, 0.2) is 23.9 Å². The van der Waals surface area contributed by atoms with Crippen LogP contribution >= 0.6 is 0 Å². The summed E-state index contributed by atoms with van der Waals surface area (Å²) >= 11 is 0. The summed E-state index contributed by atoms with van der Waals surface area (Å²) in [5.41, 5.74) is 2.55. The lowest BCUT2D eigenvalue weighted by Gasteiger charge is -2.11. The minimum atomic E-state index is -0.702. The molecule has 6 heteroatoms. The molecule has 23 heavy (non-hydrogen) atoms. The number of carbonyl (C=O) groups excluding carboxylic acids is 2. The minimum absolute atomic E-state index is 0.156. The third kappa shape index (κ3) is 4.55. The topological polar surface area (TPSA) is 77.5 Å². The first kappa shape index (κ1) is 17.0. The minimum Gasteiger partial charge on any atom is -0.462 e. The Labute approximate surface area is 135 Å². The van der Waals surface area contributed by atoms with Crippen molar-refractivity contribution >= 4 is 17.6 Å². The number of esters is 2. The molecule has 1 fully saturated rings. The van der Waals surface area contributed by atoms with Crippen molar-refractivity contribution in [2.24, 2.45) is 0 Å². The largest absolute Gasteiger partial charge is 0.462 e. The molecule has 0 aromatic carbocycles. The number of anilines is 1. The molecule has 0 spiro atoms. The molecular weight excluding hydrogens is 296 g/mol. The summed E-state index contributed by atoms with van der Waals surface area (Å²) in [6.07, 6.45) is 3.56. The van der Waals surface area contributed by atoms with Gasteiger partial charge in [0.1, 0.15) is 0 Å². The Balaban J connectivity index is 2.22. The number of aryl methyl sites for hydroxylation is 1. The molecule has 1 aromatic heterocycles. The SMILES string of the molecule is CCOC(=O)C(=CNc1ccc(C)nc1C1CC1)C(=O)OCC. The molecule has 1 saturated carbocycles. The second-order valence-electron chi connectivity index (χ2n) is 5.30. The van der Waals surface area contributed by atoms with Crippen LogP contribution in [0, 0.1) is 6.92 Å². The van der Waals surface area contributed by atoms with Gasteiger partial charge in [-0.25, -0.2) is 9.59 Å². The molecule has 0 aliphatic heterocycles. The van der Waals surface area contributed by atoms with Crippen LogP contribution in [-0.4, -0.2) is 30.1 Å². The number of nitrogens with one attached hydrogen (secondary N) is 1. The Morgan fingerprint density at radius 3 is 2.35 bits per heavy atom. The van der Waals surface area contributed by atoms with Gasteiger partial charge in [-0.05, 0) is 45.7 Å². The number of pyridine rings is 1. The quantitative estimate of drug-likeness (QED) is 0.360. The zero-order valence-electron chi connectivity index (χ0n) is 13.7. The number of nitrogens with zero attached hydrogens (tertiary/aromatic N) is 1. The van der Waals surface area contributed by atoms with Gasteiger partial charge in [-0.1, -0.05) is 0 Å². The molecule has 1 aromatic rings. The van der Waals surface area contributed by atoms with Gasteiger partial charge in [0.15, 0.2) is 5.57 Å². The second kappa shape index (κ2) is 7.76. The third-order valence-corrected chi connectivity index (χ3v) is 3.39. The van der Waals surface area contributed by atoms with Crippen molar-refractivity contribution in [2.45, 2.75) is 39.5 Å². The van der Waals surface area contributed by atoms with Gasteiger partial charge < -0.3 is 14.8 Å². The highest BCUT2D eigenvalue weighted by atomic mass is 16.6. The van der Waals surface area contributed by atoms with Crippen molar-refractivity contribution in [3.05, 3.63) is 35.3 Å². The van der Waals surface area contributed by atoms with Crippen LogP contribution in [0.25, 0.3) is 0 Å². The fourth-order valence-electron chi connectivity index (χ4n) is 2.14. The number of carbonyl (C=O) groups is 2. The highest BCUT2D eigenvalue weighted by Crippen LogP contribution is 2.42. The van der Waals surface area contributed by atoms with Crippen LogP contribution in [-0.2, 0) is 19.1 Å². The Hall–Kier alpha value is -2.37. The summed E-state index contributed by atoms with van der Waals surface area (Å²) < 4.78 is 9.81. The van der Waals surface area contributed by atoms with E-state index in [1.807, 2.05) is 19.1 Å². The van der Waals surface area contributed by atoms with Crippen molar-refractivity contribution in [3.63, 3.8) is 0 Å². The van der Waals surface area contributed by atoms with E-state index in [2.05, 4.69) is 10.3 Å². The van der Waals surface area contributed by atoms with Gasteiger partial charge in [0, 0.05) is 17.8 Å². The van der Waals surface area contributed by atoms with E-state index in [1.54, 1.807) is 13.8 Å². The second-order valence-corrected chi connectivity index (χ2v) is 5.30. The Morgan fingerprint density at radius 1 is 1.22 bits per heavy atom. The molecule has 0 atom stereocenters. The maximum atomic E-state index is 11.9. The van der Waals surface area contributed by atoms with Gasteiger partial charge in [-0.3, -0.25) is 4.98 Å². The van der Waals surface area contributed by atoms with Gasteiger partial charge in [0.2, 0.25) is 0 Å². The van der Waals surface area contributed by atoms with Gasteiger partial charge in [0.25, 0.3) is 0 Å². The van der Waals surface area contributed by atoms with E-state index in [4.69, 9.17) is 9.47 Å². The zero-order valence-corrected chi connectivity index (χ0v) is 13.7. The van der Waals surface area contributed by atoms with Crippen molar-refractivity contribution in [2.75, 3.05) is 18.5 Å². The normalized spacial score (nSPS) is 13.2. The average Bonchev–Trinajstić information content (AvgIpc) is 3.34. The Kier molecular flexibility index (Phi) is 5.73. The van der Waals surface area contributed by atoms with Gasteiger partial charge in [-0.2, -0.15) is 0 Å². The number of hydrogen-bond donors (Lipinski definition) is 1. The van der Waals surface area contributed by atoms with Crippen molar-refractivity contribution in [3.8, 4) is 0 Å². The standard InChI is InChI=1S/C17H22N2O4/c1-4-22-16(20)13(17(21)23-5-2)10-18-14-9-6-11(3)19-15(14)12-7-8-12/h6,9-10,12,18H,4-5,7-8H2,1-3H3. The van der Waals surface area contributed by atoms with E-state index in [-0.39, 0.29) is 18.8 Å². The summed E-state index contributed by atoms with van der Waals surface area (Å²) in [6, 6.07) is 3.79. The third-order valence-electron chi connectivity index (χ3n) is 3.39. The van der Waals surface area contributed by atoms with Crippen LogP contribution in [0.1, 0.15) is 44.0 Å². The predicted molar refractivity (Wildman–Crippen MR) is 85.9 cm³/mol. The number of aromatic nitrogens is 1. The predicted octanol–water partition coefficient (Wildman–Crippen LogP) is 2.69. The molecule has 0 amide bonds. The molecule has 6 nitrogen and oxygen atoms in total. The molecule has 1 aliphatic rings. The molecule has 1 aliphatic carbocycles. The van der Waals surface area contributed by atoms with E-state index >= 15 is 0 Å². The highest BCUT2D eigenvalue weighted by molar-refractivity contribution is 6.14. The lowest BCUT2D eigenvalue weighted by atomic mass is 10.2. The van der Waals surface area contributed by atoms with Gasteiger partial charge >= 0.3 is 11.9 Å². The fourth-order valence-corrected chi connectivity index (χ4v) is 2.14. The molecule has 2 rings (SSSR count). The first-order chi connectivity index (χ1) is 11.1. The molecule has 0 radical (unpaired) electrons. The Morgan fingerprint density at radius 2 is 1.83 bits per heavy atom. The van der Waals surface area contributed by atoms with Crippen molar-refractivity contribution in [1.82, 2.24) is 4.98 Å². The van der Waals surface area contributed by atoms with Crippen molar-refractivity contribution < 1.29 is 19.1 Å². The fraction of sp³-hybridized carbons (Fsp3) is 0.471. The maximum Gasteiger partial charge on any atom is 0.347 e. The molecule has 124 valence electrons. The molecule has 1 heterocycles. The zero-order chi connectivity index (χ0) is 16.8. The van der Waals surface area contributed by atoms with Gasteiger partial charge in [-0.15, -0.1) is 0 Å². The number of ether oxygens (including phenoxy) is 2. The van der Waals surface area contributed by atoms with E-state index in [1.165, 1.54) is 6.20 Å². The number of hydrogen-bond acceptors (Lipinski definition) is 6. The van der Waals surface area contributed by atoms with E-state index < -0.39 is 11.9 Å². The molecule has 1 N–H and O–H groups in total. The summed E-state index contributed by atoms with van der Waals surface area (Å²) in [7, 11) is 0. The van der Waals surface area contributed by atoms with E-state index in [0.29, 0.717) is 5.92 Å².